The van der Waals surface area contributed by atoms with Gasteiger partial charge in [0.05, 0.1) is 18.7 Å². The molecule has 1 saturated heterocycles. The van der Waals surface area contributed by atoms with E-state index in [1.807, 2.05) is 36.4 Å². The third-order valence-electron chi connectivity index (χ3n) is 4.86. The van der Waals surface area contributed by atoms with Gasteiger partial charge in [0.15, 0.2) is 5.96 Å². The molecule has 1 unspecified atom stereocenters. The van der Waals surface area contributed by atoms with Crippen LogP contribution in [0.2, 0.25) is 5.02 Å². The van der Waals surface area contributed by atoms with Crippen LogP contribution in [-0.4, -0.2) is 56.7 Å². The minimum atomic E-state index is -0.109. The number of guanidine groups is 1. The van der Waals surface area contributed by atoms with Crippen LogP contribution in [0.4, 0.5) is 5.82 Å². The van der Waals surface area contributed by atoms with E-state index in [1.165, 1.54) is 0 Å². The summed E-state index contributed by atoms with van der Waals surface area (Å²) in [5.41, 5.74) is 1.01. The van der Waals surface area contributed by atoms with Crippen molar-refractivity contribution >= 4 is 53.3 Å². The molecule has 1 fully saturated rings. The van der Waals surface area contributed by atoms with Crippen LogP contribution in [0.5, 0.6) is 5.75 Å². The number of aliphatic imine (C=N–C) groups is 1. The van der Waals surface area contributed by atoms with Crippen molar-refractivity contribution in [3.05, 3.63) is 53.2 Å². The van der Waals surface area contributed by atoms with Crippen LogP contribution < -0.4 is 25.6 Å². The van der Waals surface area contributed by atoms with Crippen LogP contribution in [0.15, 0.2) is 47.6 Å². The van der Waals surface area contributed by atoms with Gasteiger partial charge >= 0.3 is 0 Å². The maximum absolute atomic E-state index is 12.2. The zero-order chi connectivity index (χ0) is 21.3. The van der Waals surface area contributed by atoms with Crippen LogP contribution >= 0.6 is 35.6 Å². The van der Waals surface area contributed by atoms with Crippen molar-refractivity contribution in [3.8, 4) is 5.75 Å². The number of nitrogens with one attached hydrogen (secondary N) is 3. The first-order valence-corrected chi connectivity index (χ1v) is 10.2. The van der Waals surface area contributed by atoms with E-state index in [4.69, 9.17) is 16.3 Å². The van der Waals surface area contributed by atoms with E-state index in [9.17, 15) is 4.79 Å². The second-order valence-electron chi connectivity index (χ2n) is 6.94. The molecular weight excluding hydrogens is 531 g/mol. The molecular formula is C21H28ClIN6O2. The van der Waals surface area contributed by atoms with Gasteiger partial charge in [0.25, 0.3) is 0 Å². The molecule has 1 atom stereocenters. The average Bonchev–Trinajstić information content (AvgIpc) is 3.24. The molecule has 2 heterocycles. The largest absolute Gasteiger partial charge is 0.497 e. The molecule has 1 aliphatic heterocycles. The minimum Gasteiger partial charge on any atom is -0.497 e. The maximum Gasteiger partial charge on any atom is 0.239 e. The molecule has 8 nitrogen and oxygen atoms in total. The van der Waals surface area contributed by atoms with E-state index in [2.05, 4.69) is 30.8 Å². The van der Waals surface area contributed by atoms with E-state index in [0.717, 1.165) is 36.6 Å². The van der Waals surface area contributed by atoms with E-state index in [-0.39, 0.29) is 42.5 Å². The van der Waals surface area contributed by atoms with Gasteiger partial charge in [0.2, 0.25) is 5.91 Å². The maximum atomic E-state index is 12.2. The van der Waals surface area contributed by atoms with Crippen LogP contribution in [0.25, 0.3) is 0 Å². The highest BCUT2D eigenvalue weighted by atomic mass is 127. The third kappa shape index (κ3) is 7.42. The zero-order valence-electron chi connectivity index (χ0n) is 17.6. The molecule has 3 rings (SSSR count). The number of ether oxygens (including phenoxy) is 1. The summed E-state index contributed by atoms with van der Waals surface area (Å²) in [7, 11) is 3.31. The molecule has 10 heteroatoms. The van der Waals surface area contributed by atoms with E-state index >= 15 is 0 Å². The van der Waals surface area contributed by atoms with Crippen LogP contribution in [0.3, 0.4) is 0 Å². The predicted octanol–water partition coefficient (Wildman–Crippen LogP) is 2.42. The third-order valence-corrected chi connectivity index (χ3v) is 5.15. The molecule has 1 amide bonds. The minimum absolute atomic E-state index is 0. The Morgan fingerprint density at radius 1 is 1.29 bits per heavy atom. The summed E-state index contributed by atoms with van der Waals surface area (Å²) in [5, 5.41) is 9.96. The Bertz CT molecular complexity index is 880. The van der Waals surface area contributed by atoms with Crippen molar-refractivity contribution in [1.82, 2.24) is 20.9 Å². The van der Waals surface area contributed by atoms with Gasteiger partial charge < -0.3 is 25.6 Å². The first-order chi connectivity index (χ1) is 14.6. The molecule has 1 aliphatic rings. The van der Waals surface area contributed by atoms with Crippen molar-refractivity contribution in [1.29, 1.82) is 0 Å². The molecule has 0 aliphatic carbocycles. The second-order valence-corrected chi connectivity index (χ2v) is 7.34. The number of amides is 1. The number of hydrogen-bond acceptors (Lipinski definition) is 5. The highest BCUT2D eigenvalue weighted by Crippen LogP contribution is 2.25. The zero-order valence-corrected chi connectivity index (χ0v) is 20.7. The summed E-state index contributed by atoms with van der Waals surface area (Å²) >= 11 is 6.25. The smallest absolute Gasteiger partial charge is 0.239 e. The molecule has 0 saturated carbocycles. The van der Waals surface area contributed by atoms with Crippen LogP contribution in [0, 0.1) is 0 Å². The van der Waals surface area contributed by atoms with E-state index in [0.29, 0.717) is 17.5 Å². The summed E-state index contributed by atoms with van der Waals surface area (Å²) in [6.07, 6.45) is 2.67. The molecule has 2 aromatic rings. The number of carbonyl (C=O) groups is 1. The lowest BCUT2D eigenvalue weighted by atomic mass is 10.2. The highest BCUT2D eigenvalue weighted by molar-refractivity contribution is 14.0. The molecule has 0 spiro atoms. The van der Waals surface area contributed by atoms with Crippen molar-refractivity contribution in [3.63, 3.8) is 0 Å². The number of rotatable bonds is 7. The van der Waals surface area contributed by atoms with Gasteiger partial charge in [-0.25, -0.2) is 4.98 Å². The Balaban J connectivity index is 0.00000341. The molecule has 1 aromatic heterocycles. The summed E-state index contributed by atoms with van der Waals surface area (Å²) in [6, 6.07) is 11.4. The number of methoxy groups -OCH3 is 1. The molecule has 0 radical (unpaired) electrons. The molecule has 3 N–H and O–H groups in total. The van der Waals surface area contributed by atoms with Crippen molar-refractivity contribution in [2.75, 3.05) is 38.7 Å². The summed E-state index contributed by atoms with van der Waals surface area (Å²) in [6.45, 7) is 2.21. The standard InChI is InChI=1S/C21H27ClN6O2.HI/c1-23-21(26-13-19(29)25-12-15-5-7-17(30-2)8-6-15)27-16-9-11-28(14-16)20-18(22)4-3-10-24-20;/h3-8,10,16H,9,11-14H2,1-2H3,(H,25,29)(H2,23,26,27);1H. The van der Waals surface area contributed by atoms with Gasteiger partial charge in [0.1, 0.15) is 11.6 Å². The lowest BCUT2D eigenvalue weighted by molar-refractivity contribution is -0.120. The predicted molar refractivity (Wildman–Crippen MR) is 135 cm³/mol. The number of halogens is 2. The van der Waals surface area contributed by atoms with Gasteiger partial charge in [-0.05, 0) is 36.2 Å². The topological polar surface area (TPSA) is 90.9 Å². The SMILES string of the molecule is CN=C(NCC(=O)NCc1ccc(OC)cc1)NC1CCN(c2ncccc2Cl)C1.I. The van der Waals surface area contributed by atoms with Gasteiger partial charge in [-0.2, -0.15) is 0 Å². The summed E-state index contributed by atoms with van der Waals surface area (Å²) < 4.78 is 5.13. The highest BCUT2D eigenvalue weighted by Gasteiger charge is 2.25. The van der Waals surface area contributed by atoms with Crippen LogP contribution in [-0.2, 0) is 11.3 Å². The fourth-order valence-corrected chi connectivity index (χ4v) is 3.48. The van der Waals surface area contributed by atoms with Crippen molar-refractivity contribution in [2.45, 2.75) is 19.0 Å². The molecule has 1 aromatic carbocycles. The van der Waals surface area contributed by atoms with Gasteiger partial charge in [0, 0.05) is 38.9 Å². The average molecular weight is 559 g/mol. The van der Waals surface area contributed by atoms with Gasteiger partial charge in [-0.3, -0.25) is 9.79 Å². The first-order valence-electron chi connectivity index (χ1n) is 9.81. The molecule has 31 heavy (non-hydrogen) atoms. The normalized spacial score (nSPS) is 15.8. The monoisotopic (exact) mass is 558 g/mol. The molecule has 168 valence electrons. The number of nitrogens with zero attached hydrogens (tertiary/aromatic N) is 3. The summed E-state index contributed by atoms with van der Waals surface area (Å²) in [5.74, 6) is 2.07. The van der Waals surface area contributed by atoms with E-state index in [1.54, 1.807) is 20.4 Å². The van der Waals surface area contributed by atoms with Crippen LogP contribution in [0.1, 0.15) is 12.0 Å². The fraction of sp³-hybridized carbons (Fsp3) is 0.381. The number of pyridine rings is 1. The number of carbonyl (C=O) groups excluding carboxylic acids is 1. The summed E-state index contributed by atoms with van der Waals surface area (Å²) in [4.78, 5) is 22.9. The number of benzene rings is 1. The van der Waals surface area contributed by atoms with Gasteiger partial charge in [-0.1, -0.05) is 23.7 Å². The van der Waals surface area contributed by atoms with E-state index < -0.39 is 0 Å². The fourth-order valence-electron chi connectivity index (χ4n) is 3.24. The Labute approximate surface area is 204 Å². The lowest BCUT2D eigenvalue weighted by Crippen LogP contribution is -2.47. The van der Waals surface area contributed by atoms with Crippen molar-refractivity contribution in [2.24, 2.45) is 4.99 Å². The Morgan fingerprint density at radius 2 is 2.06 bits per heavy atom. The van der Waals surface area contributed by atoms with Gasteiger partial charge in [-0.15, -0.1) is 24.0 Å². The first kappa shape index (κ1) is 25.0. The quantitative estimate of drug-likeness (QED) is 0.275. The number of anilines is 1. The Hall–Kier alpha value is -2.27. The Kier molecular flexibility index (Phi) is 10.1. The lowest BCUT2D eigenvalue weighted by Gasteiger charge is -2.20. The van der Waals surface area contributed by atoms with Crippen molar-refractivity contribution < 1.29 is 9.53 Å². The second kappa shape index (κ2) is 12.6. The Morgan fingerprint density at radius 3 is 2.74 bits per heavy atom. The number of aromatic nitrogens is 1. The number of hydrogen-bond donors (Lipinski definition) is 3. The molecule has 0 bridgehead atoms.